The second kappa shape index (κ2) is 14.3. The summed E-state index contributed by atoms with van der Waals surface area (Å²) in [6.45, 7) is 11.2. The molecule has 0 saturated carbocycles. The van der Waals surface area contributed by atoms with E-state index in [0.29, 0.717) is 40.9 Å². The fourth-order valence-corrected chi connectivity index (χ4v) is 5.88. The van der Waals surface area contributed by atoms with Crippen molar-refractivity contribution in [3.8, 4) is 5.75 Å². The van der Waals surface area contributed by atoms with Gasteiger partial charge in [-0.25, -0.2) is 5.48 Å². The van der Waals surface area contributed by atoms with Crippen molar-refractivity contribution in [3.05, 3.63) is 88.2 Å². The summed E-state index contributed by atoms with van der Waals surface area (Å²) in [7, 11) is 1.69. The second-order valence-corrected chi connectivity index (χ2v) is 11.2. The third-order valence-corrected chi connectivity index (χ3v) is 8.43. The van der Waals surface area contributed by atoms with Gasteiger partial charge in [-0.05, 0) is 112 Å². The molecule has 2 amide bonds. The fraction of sp³-hybridized carbons (Fsp3) is 0.424. The lowest BCUT2D eigenvalue weighted by Gasteiger charge is -2.42. The number of rotatable bonds is 11. The summed E-state index contributed by atoms with van der Waals surface area (Å²) in [5.74, 6) is 0.112. The third kappa shape index (κ3) is 7.46. The molecule has 0 radical (unpaired) electrons. The van der Waals surface area contributed by atoms with Crippen LogP contribution in [0.5, 0.6) is 5.75 Å². The first-order valence-electron chi connectivity index (χ1n) is 14.6. The molecule has 0 aliphatic carbocycles. The summed E-state index contributed by atoms with van der Waals surface area (Å²) in [6.07, 6.45) is 6.76. The van der Waals surface area contributed by atoms with Crippen molar-refractivity contribution in [2.75, 3.05) is 31.6 Å². The van der Waals surface area contributed by atoms with E-state index >= 15 is 0 Å². The van der Waals surface area contributed by atoms with Crippen molar-refractivity contribution in [3.63, 3.8) is 0 Å². The number of hydrogen-bond acceptors (Lipinski definition) is 7. The number of aryl methyl sites for hydroxylation is 3. The fourth-order valence-electron chi connectivity index (χ4n) is 5.88. The number of hydroxylamine groups is 1. The lowest BCUT2D eigenvalue weighted by molar-refractivity contribution is 0.0704. The van der Waals surface area contributed by atoms with Crippen molar-refractivity contribution >= 4 is 17.5 Å². The summed E-state index contributed by atoms with van der Waals surface area (Å²) < 4.78 is 5.39. The zero-order chi connectivity index (χ0) is 30.2. The van der Waals surface area contributed by atoms with Gasteiger partial charge in [0.2, 0.25) is 0 Å². The minimum absolute atomic E-state index is 0.163. The summed E-state index contributed by atoms with van der Waals surface area (Å²) in [6, 6.07) is 14.5. The number of carbonyl (C=O) groups excluding carboxylic acids is 2. The van der Waals surface area contributed by atoms with Gasteiger partial charge in [-0.15, -0.1) is 0 Å². The Balaban J connectivity index is 1.33. The van der Waals surface area contributed by atoms with Gasteiger partial charge in [0.25, 0.3) is 11.8 Å². The van der Waals surface area contributed by atoms with E-state index in [9.17, 15) is 9.59 Å². The third-order valence-electron chi connectivity index (χ3n) is 8.43. The molecule has 224 valence electrons. The summed E-state index contributed by atoms with van der Waals surface area (Å²) >= 11 is 0. The average molecular weight is 574 g/mol. The Bertz CT molecular complexity index is 1350. The monoisotopic (exact) mass is 573 g/mol. The van der Waals surface area contributed by atoms with E-state index in [2.05, 4.69) is 52.1 Å². The van der Waals surface area contributed by atoms with Gasteiger partial charge >= 0.3 is 0 Å². The predicted molar refractivity (Wildman–Crippen MR) is 164 cm³/mol. The molecule has 2 heterocycles. The number of anilines is 1. The minimum Gasteiger partial charge on any atom is -0.497 e. The van der Waals surface area contributed by atoms with Crippen molar-refractivity contribution < 1.29 is 19.5 Å². The number of carbonyl (C=O) groups is 2. The maximum absolute atomic E-state index is 12.8. The maximum atomic E-state index is 12.8. The molecule has 3 N–H and O–H groups in total. The standard InChI is InChI=1S/C33H43N5O4/c1-22-10-14-34-20-27(22)21-38(28-6-8-30(42-5)9-7-28)29-12-16-37(17-13-29)25(4)11-15-35-32(39)26-18-23(2)31(24(3)19-26)33(40)36-41/h6-10,14,18-20,25,29,41H,11-13,15-17,21H2,1-5H3,(H,35,39)(H,36,40)/t25-/m1/s1. The quantitative estimate of drug-likeness (QED) is 0.223. The molecule has 3 aromatic rings. The van der Waals surface area contributed by atoms with Crippen molar-refractivity contribution in [1.82, 2.24) is 20.7 Å². The van der Waals surface area contributed by atoms with Gasteiger partial charge in [0.1, 0.15) is 5.75 Å². The number of pyridine rings is 1. The minimum atomic E-state index is -0.575. The molecular formula is C33H43N5O4. The van der Waals surface area contributed by atoms with Crippen LogP contribution in [-0.4, -0.2) is 65.7 Å². The number of likely N-dealkylation sites (tertiary alicyclic amines) is 1. The van der Waals surface area contributed by atoms with Crippen LogP contribution >= 0.6 is 0 Å². The molecular weight excluding hydrogens is 530 g/mol. The molecule has 1 aliphatic rings. The van der Waals surface area contributed by atoms with E-state index in [1.807, 2.05) is 24.5 Å². The van der Waals surface area contributed by atoms with Crippen molar-refractivity contribution in [2.24, 2.45) is 0 Å². The van der Waals surface area contributed by atoms with Gasteiger partial charge in [-0.1, -0.05) is 0 Å². The zero-order valence-corrected chi connectivity index (χ0v) is 25.3. The Kier molecular flexibility index (Phi) is 10.5. The number of amides is 2. The molecule has 0 unspecified atom stereocenters. The van der Waals surface area contributed by atoms with Crippen molar-refractivity contribution in [1.29, 1.82) is 0 Å². The van der Waals surface area contributed by atoms with Gasteiger partial charge in [0, 0.05) is 67.5 Å². The van der Waals surface area contributed by atoms with Crippen LogP contribution in [0.3, 0.4) is 0 Å². The van der Waals surface area contributed by atoms with Gasteiger partial charge in [0.05, 0.1) is 7.11 Å². The van der Waals surface area contributed by atoms with Crippen LogP contribution in [-0.2, 0) is 6.54 Å². The lowest BCUT2D eigenvalue weighted by Crippen LogP contribution is -2.48. The molecule has 9 heteroatoms. The van der Waals surface area contributed by atoms with Crippen LogP contribution in [0.25, 0.3) is 0 Å². The smallest absolute Gasteiger partial charge is 0.275 e. The Morgan fingerprint density at radius 3 is 2.31 bits per heavy atom. The van der Waals surface area contributed by atoms with E-state index < -0.39 is 5.91 Å². The van der Waals surface area contributed by atoms with Crippen LogP contribution in [0.2, 0.25) is 0 Å². The van der Waals surface area contributed by atoms with Crippen LogP contribution in [0.15, 0.2) is 54.9 Å². The van der Waals surface area contributed by atoms with Gasteiger partial charge < -0.3 is 19.9 Å². The molecule has 0 spiro atoms. The molecule has 1 aromatic heterocycles. The Hall–Kier alpha value is -3.95. The number of ether oxygens (including phenoxy) is 1. The number of piperidine rings is 1. The number of aromatic nitrogens is 1. The van der Waals surface area contributed by atoms with E-state index in [1.165, 1.54) is 16.8 Å². The molecule has 1 fully saturated rings. The topological polar surface area (TPSA) is 107 Å². The number of methoxy groups -OCH3 is 1. The number of benzene rings is 2. The largest absolute Gasteiger partial charge is 0.497 e. The van der Waals surface area contributed by atoms with Gasteiger partial charge in [-0.2, -0.15) is 0 Å². The highest BCUT2D eigenvalue weighted by atomic mass is 16.5. The Labute approximate surface area is 248 Å². The predicted octanol–water partition coefficient (Wildman–Crippen LogP) is 4.81. The van der Waals surface area contributed by atoms with Gasteiger partial charge in [-0.3, -0.25) is 19.8 Å². The highest BCUT2D eigenvalue weighted by molar-refractivity contribution is 6.00. The van der Waals surface area contributed by atoms with E-state index in [0.717, 1.165) is 44.6 Å². The van der Waals surface area contributed by atoms with Gasteiger partial charge in [0.15, 0.2) is 0 Å². The Morgan fingerprint density at radius 1 is 1.05 bits per heavy atom. The van der Waals surface area contributed by atoms with Crippen LogP contribution in [0, 0.1) is 20.8 Å². The first kappa shape index (κ1) is 31.0. The van der Waals surface area contributed by atoms with Crippen molar-refractivity contribution in [2.45, 2.75) is 65.6 Å². The van der Waals surface area contributed by atoms with E-state index in [4.69, 9.17) is 9.94 Å². The summed E-state index contributed by atoms with van der Waals surface area (Å²) in [5.41, 5.74) is 7.51. The SMILES string of the molecule is COc1ccc(N(Cc2cnccc2C)C2CCN([C@H](C)CCNC(=O)c3cc(C)c(C(=O)NO)c(C)c3)CC2)cc1. The van der Waals surface area contributed by atoms with E-state index in [1.54, 1.807) is 38.6 Å². The zero-order valence-electron chi connectivity index (χ0n) is 25.3. The number of nitrogens with zero attached hydrogens (tertiary/aromatic N) is 3. The van der Waals surface area contributed by atoms with Crippen LogP contribution < -0.4 is 20.4 Å². The highest BCUT2D eigenvalue weighted by Crippen LogP contribution is 2.29. The molecule has 2 aromatic carbocycles. The first-order valence-corrected chi connectivity index (χ1v) is 14.6. The second-order valence-electron chi connectivity index (χ2n) is 11.2. The Morgan fingerprint density at radius 2 is 1.71 bits per heavy atom. The molecule has 42 heavy (non-hydrogen) atoms. The van der Waals surface area contributed by atoms with Crippen LogP contribution in [0.4, 0.5) is 5.69 Å². The van der Waals surface area contributed by atoms with Crippen LogP contribution in [0.1, 0.15) is 69.2 Å². The maximum Gasteiger partial charge on any atom is 0.275 e. The normalized spacial score (nSPS) is 14.7. The summed E-state index contributed by atoms with van der Waals surface area (Å²) in [5, 5.41) is 12.0. The lowest BCUT2D eigenvalue weighted by atomic mass is 9.98. The molecule has 4 rings (SSSR count). The molecule has 1 saturated heterocycles. The highest BCUT2D eigenvalue weighted by Gasteiger charge is 2.28. The first-order chi connectivity index (χ1) is 20.2. The molecule has 1 atom stereocenters. The molecule has 0 bridgehead atoms. The average Bonchev–Trinajstić information content (AvgIpc) is 3.00. The number of hydrogen-bond donors (Lipinski definition) is 3. The number of nitrogens with one attached hydrogen (secondary N) is 2. The molecule has 1 aliphatic heterocycles. The molecule has 9 nitrogen and oxygen atoms in total. The summed E-state index contributed by atoms with van der Waals surface area (Å²) in [4.78, 5) is 34.1. The van der Waals surface area contributed by atoms with E-state index in [-0.39, 0.29) is 5.91 Å².